The molecule has 0 atom stereocenters. The number of carbonyl (C=O) groups excluding carboxylic acids is 2. The van der Waals surface area contributed by atoms with Crippen LogP contribution in [0, 0.1) is 13.8 Å². The third-order valence-corrected chi connectivity index (χ3v) is 7.01. The Labute approximate surface area is 186 Å². The van der Waals surface area contributed by atoms with Crippen LogP contribution in [-0.2, 0) is 28.4 Å². The molecule has 0 aliphatic heterocycles. The van der Waals surface area contributed by atoms with Gasteiger partial charge in [0.1, 0.15) is 13.2 Å². The Kier molecular flexibility index (Phi) is 5.99. The number of carbonyl (C=O) groups is 2. The average molecular weight is 455 g/mol. The van der Waals surface area contributed by atoms with Crippen LogP contribution in [0.3, 0.4) is 0 Å². The van der Waals surface area contributed by atoms with Crippen LogP contribution >= 0.6 is 22.7 Å². The quantitative estimate of drug-likeness (QED) is 0.476. The van der Waals surface area contributed by atoms with Gasteiger partial charge in [-0.25, -0.2) is 0 Å². The van der Waals surface area contributed by atoms with Crippen LogP contribution in [0.15, 0.2) is 46.4 Å². The number of aromatic nitrogens is 2. The number of hydrogen-bond acceptors (Lipinski definition) is 5. The van der Waals surface area contributed by atoms with Gasteiger partial charge in [0, 0.05) is 14.1 Å². The van der Waals surface area contributed by atoms with E-state index < -0.39 is 11.8 Å². The molecule has 2 aromatic heterocycles. The molecule has 0 unspecified atom stereocenters. The van der Waals surface area contributed by atoms with E-state index in [1.165, 1.54) is 22.7 Å². The molecule has 160 valence electrons. The first-order chi connectivity index (χ1) is 14.8. The minimum atomic E-state index is -0.436. The number of ether oxygens (including phenoxy) is 1. The highest BCUT2D eigenvalue weighted by molar-refractivity contribution is 7.16. The van der Waals surface area contributed by atoms with Crippen molar-refractivity contribution in [1.29, 1.82) is 0 Å². The van der Waals surface area contributed by atoms with E-state index in [-0.39, 0.29) is 13.2 Å². The zero-order chi connectivity index (χ0) is 22.1. The Bertz CT molecular complexity index is 1340. The Morgan fingerprint density at radius 3 is 1.65 bits per heavy atom. The lowest BCUT2D eigenvalue weighted by Gasteiger charge is -1.98. The molecule has 0 bridgehead atoms. The molecule has 0 radical (unpaired) electrons. The van der Waals surface area contributed by atoms with Gasteiger partial charge in [0.25, 0.3) is 11.8 Å². The van der Waals surface area contributed by atoms with Crippen LogP contribution in [0.1, 0.15) is 11.1 Å². The Morgan fingerprint density at radius 2 is 1.23 bits per heavy atom. The van der Waals surface area contributed by atoms with E-state index in [1.807, 2.05) is 61.3 Å². The summed E-state index contributed by atoms with van der Waals surface area (Å²) in [6.45, 7) is 3.51. The summed E-state index contributed by atoms with van der Waals surface area (Å²) in [6, 6.07) is 12.2. The van der Waals surface area contributed by atoms with E-state index >= 15 is 0 Å². The molecular formula is C22H22N4O3S2. The van der Waals surface area contributed by atoms with Crippen molar-refractivity contribution in [2.24, 2.45) is 24.1 Å². The molecule has 0 aliphatic carbocycles. The van der Waals surface area contributed by atoms with Crippen LogP contribution < -0.4 is 9.60 Å². The lowest BCUT2D eigenvalue weighted by Crippen LogP contribution is -2.19. The summed E-state index contributed by atoms with van der Waals surface area (Å²) in [5, 5.41) is 0. The second kappa shape index (κ2) is 8.70. The zero-order valence-electron chi connectivity index (χ0n) is 17.7. The Hall–Kier alpha value is -2.88. The largest absolute Gasteiger partial charge is 0.362 e. The van der Waals surface area contributed by atoms with E-state index in [2.05, 4.69) is 22.1 Å². The van der Waals surface area contributed by atoms with Gasteiger partial charge in [0.2, 0.25) is 0 Å². The maximum atomic E-state index is 12.2. The summed E-state index contributed by atoms with van der Waals surface area (Å²) in [5.41, 5.74) is 4.34. The minimum absolute atomic E-state index is 0.272. The monoisotopic (exact) mass is 454 g/mol. The zero-order valence-corrected chi connectivity index (χ0v) is 19.3. The van der Waals surface area contributed by atoms with E-state index in [1.54, 1.807) is 0 Å². The third kappa shape index (κ3) is 4.58. The molecule has 0 spiro atoms. The second-order valence-corrected chi connectivity index (χ2v) is 9.35. The highest BCUT2D eigenvalue weighted by Crippen LogP contribution is 2.18. The number of fused-ring (bicyclic) bond motifs is 2. The van der Waals surface area contributed by atoms with Crippen LogP contribution in [0.5, 0.6) is 0 Å². The van der Waals surface area contributed by atoms with E-state index in [0.717, 1.165) is 31.6 Å². The molecular weight excluding hydrogens is 432 g/mol. The first kappa shape index (κ1) is 21.4. The molecule has 31 heavy (non-hydrogen) atoms. The summed E-state index contributed by atoms with van der Waals surface area (Å²) in [7, 11) is 3.74. The highest BCUT2D eigenvalue weighted by Gasteiger charge is 2.08. The lowest BCUT2D eigenvalue weighted by atomic mass is 10.2. The SMILES string of the molecule is Cc1ccc2c(c1)sc(=NC(=O)COCC(=O)N=c1sc3cc(C)ccc3n1C)n2C. The van der Waals surface area contributed by atoms with Gasteiger partial charge in [0.05, 0.1) is 20.4 Å². The first-order valence-electron chi connectivity index (χ1n) is 9.67. The minimum Gasteiger partial charge on any atom is -0.362 e. The van der Waals surface area contributed by atoms with E-state index in [4.69, 9.17) is 4.74 Å². The predicted octanol–water partition coefficient (Wildman–Crippen LogP) is 2.98. The smallest absolute Gasteiger partial charge is 0.274 e. The van der Waals surface area contributed by atoms with Gasteiger partial charge in [-0.15, -0.1) is 0 Å². The number of aryl methyl sites for hydroxylation is 4. The van der Waals surface area contributed by atoms with E-state index in [9.17, 15) is 9.59 Å². The predicted molar refractivity (Wildman–Crippen MR) is 123 cm³/mol. The summed E-state index contributed by atoms with van der Waals surface area (Å²) < 4.78 is 11.2. The van der Waals surface area contributed by atoms with Crippen molar-refractivity contribution in [3.63, 3.8) is 0 Å². The third-order valence-electron chi connectivity index (χ3n) is 4.82. The van der Waals surface area contributed by atoms with Gasteiger partial charge in [-0.3, -0.25) is 9.59 Å². The molecule has 0 saturated carbocycles. The normalized spacial score (nSPS) is 12.9. The van der Waals surface area contributed by atoms with Crippen molar-refractivity contribution in [1.82, 2.24) is 9.13 Å². The summed E-state index contributed by atoms with van der Waals surface area (Å²) in [6.07, 6.45) is 0. The molecule has 9 heteroatoms. The standard InChI is InChI=1S/C22H22N4O3S2/c1-13-5-7-15-17(9-13)30-21(25(15)3)23-19(27)11-29-12-20(28)24-22-26(4)16-8-6-14(2)10-18(16)31-22/h5-10H,11-12H2,1-4H3. The molecule has 2 aromatic carbocycles. The van der Waals surface area contributed by atoms with Crippen molar-refractivity contribution in [2.45, 2.75) is 13.8 Å². The number of rotatable bonds is 4. The maximum Gasteiger partial charge on any atom is 0.274 e. The van der Waals surface area contributed by atoms with Crippen molar-refractivity contribution >= 4 is 54.9 Å². The summed E-state index contributed by atoms with van der Waals surface area (Å²) >= 11 is 2.89. The van der Waals surface area contributed by atoms with Crippen LogP contribution in [0.2, 0.25) is 0 Å². The molecule has 0 N–H and O–H groups in total. The van der Waals surface area contributed by atoms with Gasteiger partial charge in [-0.1, -0.05) is 34.8 Å². The number of thiazole rings is 2. The molecule has 4 rings (SSSR count). The van der Waals surface area contributed by atoms with Crippen molar-refractivity contribution in [3.05, 3.63) is 57.1 Å². The molecule has 0 saturated heterocycles. The van der Waals surface area contributed by atoms with Gasteiger partial charge < -0.3 is 13.9 Å². The van der Waals surface area contributed by atoms with Gasteiger partial charge in [-0.05, 0) is 49.2 Å². The lowest BCUT2D eigenvalue weighted by molar-refractivity contribution is -0.127. The number of benzene rings is 2. The molecule has 0 fully saturated rings. The average Bonchev–Trinajstić information content (AvgIpc) is 3.17. The van der Waals surface area contributed by atoms with Gasteiger partial charge >= 0.3 is 0 Å². The van der Waals surface area contributed by atoms with Crippen LogP contribution in [-0.4, -0.2) is 34.2 Å². The highest BCUT2D eigenvalue weighted by atomic mass is 32.1. The fourth-order valence-electron chi connectivity index (χ4n) is 3.20. The fourth-order valence-corrected chi connectivity index (χ4v) is 5.47. The molecule has 4 aromatic rings. The van der Waals surface area contributed by atoms with Gasteiger partial charge in [-0.2, -0.15) is 9.98 Å². The maximum absolute atomic E-state index is 12.2. The Morgan fingerprint density at radius 1 is 0.806 bits per heavy atom. The molecule has 2 heterocycles. The van der Waals surface area contributed by atoms with Gasteiger partial charge in [0.15, 0.2) is 9.60 Å². The second-order valence-electron chi connectivity index (χ2n) is 7.33. The molecule has 2 amide bonds. The number of nitrogens with zero attached hydrogens (tertiary/aromatic N) is 4. The molecule has 0 aliphatic rings. The molecule has 7 nitrogen and oxygen atoms in total. The summed E-state index contributed by atoms with van der Waals surface area (Å²) in [5.74, 6) is -0.871. The van der Waals surface area contributed by atoms with Crippen LogP contribution in [0.25, 0.3) is 20.4 Å². The first-order valence-corrected chi connectivity index (χ1v) is 11.3. The fraction of sp³-hybridized carbons (Fsp3) is 0.273. The van der Waals surface area contributed by atoms with Crippen molar-refractivity contribution in [2.75, 3.05) is 13.2 Å². The number of hydrogen-bond donors (Lipinski definition) is 0. The van der Waals surface area contributed by atoms with E-state index in [0.29, 0.717) is 9.60 Å². The Balaban J connectivity index is 1.42. The number of amides is 2. The van der Waals surface area contributed by atoms with Crippen LogP contribution in [0.4, 0.5) is 0 Å². The summed E-state index contributed by atoms with van der Waals surface area (Å²) in [4.78, 5) is 33.9. The topological polar surface area (TPSA) is 78.0 Å². The van der Waals surface area contributed by atoms with Crippen molar-refractivity contribution < 1.29 is 14.3 Å². The van der Waals surface area contributed by atoms with Crippen molar-refractivity contribution in [3.8, 4) is 0 Å².